The summed E-state index contributed by atoms with van der Waals surface area (Å²) in [5.41, 5.74) is 11.0. The topological polar surface area (TPSA) is 64.1 Å². The Morgan fingerprint density at radius 1 is 1.31 bits per heavy atom. The average Bonchev–Trinajstić information content (AvgIpc) is 2.08. The van der Waals surface area contributed by atoms with Crippen LogP contribution in [0, 0.1) is 5.92 Å². The molecule has 2 unspecified atom stereocenters. The second-order valence-electron chi connectivity index (χ2n) is 4.27. The quantitative estimate of drug-likeness (QED) is 0.567. The molecule has 1 aliphatic rings. The standard InChI is InChI=1S/C10H23N3/c1-8-4-2-3-5-9(8)13-7-6-10(11)12/h8-10,13H,2-7,11-12H2,1H3. The van der Waals surface area contributed by atoms with Crippen molar-refractivity contribution in [3.63, 3.8) is 0 Å². The van der Waals surface area contributed by atoms with Crippen LogP contribution < -0.4 is 16.8 Å². The predicted molar refractivity (Wildman–Crippen MR) is 56.2 cm³/mol. The highest BCUT2D eigenvalue weighted by molar-refractivity contribution is 4.78. The van der Waals surface area contributed by atoms with Gasteiger partial charge in [0.15, 0.2) is 0 Å². The van der Waals surface area contributed by atoms with Gasteiger partial charge in [0.25, 0.3) is 0 Å². The van der Waals surface area contributed by atoms with E-state index in [-0.39, 0.29) is 6.17 Å². The van der Waals surface area contributed by atoms with E-state index in [4.69, 9.17) is 11.5 Å². The molecule has 3 heteroatoms. The van der Waals surface area contributed by atoms with E-state index in [1.54, 1.807) is 0 Å². The first-order valence-corrected chi connectivity index (χ1v) is 5.44. The van der Waals surface area contributed by atoms with Crippen molar-refractivity contribution in [2.24, 2.45) is 17.4 Å². The summed E-state index contributed by atoms with van der Waals surface area (Å²) in [6.45, 7) is 3.30. The van der Waals surface area contributed by atoms with Gasteiger partial charge in [-0.25, -0.2) is 0 Å². The summed E-state index contributed by atoms with van der Waals surface area (Å²) >= 11 is 0. The summed E-state index contributed by atoms with van der Waals surface area (Å²) in [4.78, 5) is 0. The third-order valence-corrected chi connectivity index (χ3v) is 3.00. The Morgan fingerprint density at radius 3 is 2.62 bits per heavy atom. The molecule has 13 heavy (non-hydrogen) atoms. The zero-order valence-corrected chi connectivity index (χ0v) is 8.63. The van der Waals surface area contributed by atoms with Gasteiger partial charge in [0.1, 0.15) is 0 Å². The minimum Gasteiger partial charge on any atom is -0.316 e. The van der Waals surface area contributed by atoms with Crippen LogP contribution in [0.15, 0.2) is 0 Å². The maximum Gasteiger partial charge on any atom is 0.0533 e. The second-order valence-corrected chi connectivity index (χ2v) is 4.27. The first-order chi connectivity index (χ1) is 6.20. The van der Waals surface area contributed by atoms with E-state index < -0.39 is 0 Å². The molecule has 1 rings (SSSR count). The lowest BCUT2D eigenvalue weighted by Crippen LogP contribution is -2.41. The van der Waals surface area contributed by atoms with Crippen LogP contribution in [0.4, 0.5) is 0 Å². The molecule has 0 aromatic heterocycles. The lowest BCUT2D eigenvalue weighted by atomic mass is 9.86. The lowest BCUT2D eigenvalue weighted by Gasteiger charge is -2.29. The molecule has 0 aromatic rings. The van der Waals surface area contributed by atoms with Gasteiger partial charge >= 0.3 is 0 Å². The van der Waals surface area contributed by atoms with E-state index in [1.807, 2.05) is 0 Å². The maximum atomic E-state index is 5.48. The first-order valence-electron chi connectivity index (χ1n) is 5.44. The number of nitrogens with two attached hydrogens (primary N) is 2. The van der Waals surface area contributed by atoms with Crippen LogP contribution in [0.1, 0.15) is 39.0 Å². The molecule has 0 saturated heterocycles. The number of rotatable bonds is 4. The van der Waals surface area contributed by atoms with Crippen molar-refractivity contribution in [3.05, 3.63) is 0 Å². The van der Waals surface area contributed by atoms with Crippen LogP contribution in [0.25, 0.3) is 0 Å². The van der Waals surface area contributed by atoms with Crippen molar-refractivity contribution in [2.45, 2.75) is 51.2 Å². The van der Waals surface area contributed by atoms with Crippen LogP contribution in [-0.2, 0) is 0 Å². The van der Waals surface area contributed by atoms with Gasteiger partial charge in [-0.1, -0.05) is 19.8 Å². The highest BCUT2D eigenvalue weighted by Gasteiger charge is 2.19. The van der Waals surface area contributed by atoms with E-state index in [9.17, 15) is 0 Å². The molecule has 0 bridgehead atoms. The van der Waals surface area contributed by atoms with E-state index in [1.165, 1.54) is 25.7 Å². The van der Waals surface area contributed by atoms with Crippen LogP contribution in [-0.4, -0.2) is 18.8 Å². The second kappa shape index (κ2) is 5.58. The van der Waals surface area contributed by atoms with Gasteiger partial charge < -0.3 is 16.8 Å². The molecule has 0 heterocycles. The molecule has 2 atom stereocenters. The Balaban J connectivity index is 2.11. The van der Waals surface area contributed by atoms with Gasteiger partial charge in [0.05, 0.1) is 6.17 Å². The third kappa shape index (κ3) is 4.07. The van der Waals surface area contributed by atoms with E-state index in [2.05, 4.69) is 12.2 Å². The van der Waals surface area contributed by atoms with Crippen molar-refractivity contribution in [2.75, 3.05) is 6.54 Å². The van der Waals surface area contributed by atoms with Crippen molar-refractivity contribution in [1.82, 2.24) is 5.32 Å². The number of hydrogen-bond donors (Lipinski definition) is 3. The normalized spacial score (nSPS) is 29.5. The molecule has 0 aliphatic heterocycles. The van der Waals surface area contributed by atoms with E-state index in [0.717, 1.165) is 18.9 Å². The Kier molecular flexibility index (Phi) is 4.70. The largest absolute Gasteiger partial charge is 0.316 e. The SMILES string of the molecule is CC1CCCCC1NCCC(N)N. The first kappa shape index (κ1) is 11.0. The zero-order valence-electron chi connectivity index (χ0n) is 8.63. The minimum absolute atomic E-state index is 0.161. The fraction of sp³-hybridized carbons (Fsp3) is 1.00. The highest BCUT2D eigenvalue weighted by Crippen LogP contribution is 2.23. The molecule has 0 amide bonds. The van der Waals surface area contributed by atoms with Crippen molar-refractivity contribution < 1.29 is 0 Å². The van der Waals surface area contributed by atoms with Gasteiger partial charge in [-0.05, 0) is 31.7 Å². The number of nitrogens with one attached hydrogen (secondary N) is 1. The van der Waals surface area contributed by atoms with Crippen molar-refractivity contribution in [3.8, 4) is 0 Å². The van der Waals surface area contributed by atoms with Gasteiger partial charge in [-0.3, -0.25) is 0 Å². The summed E-state index contributed by atoms with van der Waals surface area (Å²) in [6.07, 6.45) is 6.18. The molecule has 78 valence electrons. The summed E-state index contributed by atoms with van der Waals surface area (Å²) in [6, 6.07) is 0.701. The van der Waals surface area contributed by atoms with Crippen LogP contribution >= 0.6 is 0 Å². The molecule has 5 N–H and O–H groups in total. The Bertz CT molecular complexity index is 136. The van der Waals surface area contributed by atoms with Crippen molar-refractivity contribution in [1.29, 1.82) is 0 Å². The molecule has 0 spiro atoms. The molecule has 1 fully saturated rings. The van der Waals surface area contributed by atoms with Crippen LogP contribution in [0.2, 0.25) is 0 Å². The van der Waals surface area contributed by atoms with Crippen LogP contribution in [0.5, 0.6) is 0 Å². The summed E-state index contributed by atoms with van der Waals surface area (Å²) in [5.74, 6) is 0.822. The number of hydrogen-bond acceptors (Lipinski definition) is 3. The molecular weight excluding hydrogens is 162 g/mol. The summed E-state index contributed by atoms with van der Waals surface area (Å²) in [5, 5.41) is 3.54. The Hall–Kier alpha value is -0.120. The zero-order chi connectivity index (χ0) is 9.68. The van der Waals surface area contributed by atoms with Gasteiger partial charge in [0, 0.05) is 6.04 Å². The minimum atomic E-state index is -0.161. The molecular formula is C10H23N3. The molecule has 0 radical (unpaired) electrons. The predicted octanol–water partition coefficient (Wildman–Crippen LogP) is 0.788. The third-order valence-electron chi connectivity index (χ3n) is 3.00. The fourth-order valence-corrected chi connectivity index (χ4v) is 2.05. The van der Waals surface area contributed by atoms with Gasteiger partial charge in [0.2, 0.25) is 0 Å². The van der Waals surface area contributed by atoms with Gasteiger partial charge in [-0.15, -0.1) is 0 Å². The van der Waals surface area contributed by atoms with Gasteiger partial charge in [-0.2, -0.15) is 0 Å². The maximum absolute atomic E-state index is 5.48. The summed E-state index contributed by atoms with van der Waals surface area (Å²) in [7, 11) is 0. The van der Waals surface area contributed by atoms with Crippen LogP contribution in [0.3, 0.4) is 0 Å². The lowest BCUT2D eigenvalue weighted by molar-refractivity contribution is 0.278. The fourth-order valence-electron chi connectivity index (χ4n) is 2.05. The Labute approximate surface area is 81.2 Å². The monoisotopic (exact) mass is 185 g/mol. The van der Waals surface area contributed by atoms with Crippen molar-refractivity contribution >= 4 is 0 Å². The van der Waals surface area contributed by atoms with E-state index in [0.29, 0.717) is 6.04 Å². The summed E-state index contributed by atoms with van der Waals surface area (Å²) < 4.78 is 0. The molecule has 3 nitrogen and oxygen atoms in total. The Morgan fingerprint density at radius 2 is 2.00 bits per heavy atom. The molecule has 1 aliphatic carbocycles. The van der Waals surface area contributed by atoms with E-state index >= 15 is 0 Å². The average molecular weight is 185 g/mol. The highest BCUT2D eigenvalue weighted by atomic mass is 14.9. The molecule has 1 saturated carbocycles. The molecule has 0 aromatic carbocycles. The smallest absolute Gasteiger partial charge is 0.0533 e.